The molecule has 0 saturated carbocycles. The van der Waals surface area contributed by atoms with Gasteiger partial charge in [-0.3, -0.25) is 9.59 Å². The highest BCUT2D eigenvalue weighted by atomic mass is 79.9. The Morgan fingerprint density at radius 3 is 2.18 bits per heavy atom. The van der Waals surface area contributed by atoms with Crippen molar-refractivity contribution in [2.24, 2.45) is 0 Å². The van der Waals surface area contributed by atoms with E-state index in [2.05, 4.69) is 21.2 Å². The van der Waals surface area contributed by atoms with Gasteiger partial charge >= 0.3 is 0 Å². The lowest BCUT2D eigenvalue weighted by molar-refractivity contribution is -0.143. The number of nitrogens with one attached hydrogen (secondary N) is 1. The largest absolute Gasteiger partial charge is 0.482 e. The van der Waals surface area contributed by atoms with Gasteiger partial charge in [0.1, 0.15) is 11.8 Å². The lowest BCUT2D eigenvalue weighted by Gasteiger charge is -2.32. The van der Waals surface area contributed by atoms with E-state index in [-0.39, 0.29) is 31.0 Å². The second kappa shape index (κ2) is 12.6. The summed E-state index contributed by atoms with van der Waals surface area (Å²) in [5.41, 5.74) is 1.89. The van der Waals surface area contributed by atoms with Crippen LogP contribution in [-0.2, 0) is 22.6 Å². The Morgan fingerprint density at radius 2 is 1.59 bits per heavy atom. The minimum absolute atomic E-state index is 0.0581. The molecule has 1 N–H and O–H groups in total. The molecule has 0 saturated heterocycles. The van der Waals surface area contributed by atoms with Crippen LogP contribution < -0.4 is 10.1 Å². The molecule has 0 radical (unpaired) electrons. The van der Waals surface area contributed by atoms with E-state index < -0.39 is 6.04 Å². The van der Waals surface area contributed by atoms with Crippen LogP contribution in [0.15, 0.2) is 83.3 Å². The van der Waals surface area contributed by atoms with E-state index in [1.54, 1.807) is 23.1 Å². The molecule has 2 amide bonds. The number of hydrogen-bond acceptors (Lipinski definition) is 3. The van der Waals surface area contributed by atoms with Crippen LogP contribution in [0.5, 0.6) is 5.75 Å². The SMILES string of the molecule is CC(C)NC(=O)[C@H](Cc1ccccc1)N(Cc1ccccc1)C(=O)COc1ccc(Br)cc1Cl. The molecule has 1 atom stereocenters. The van der Waals surface area contributed by atoms with Gasteiger partial charge in [-0.2, -0.15) is 0 Å². The monoisotopic (exact) mass is 542 g/mol. The van der Waals surface area contributed by atoms with E-state index in [1.165, 1.54) is 0 Å². The van der Waals surface area contributed by atoms with Crippen LogP contribution in [0.3, 0.4) is 0 Å². The zero-order valence-corrected chi connectivity index (χ0v) is 21.6. The Labute approximate surface area is 214 Å². The van der Waals surface area contributed by atoms with Crippen molar-refractivity contribution in [3.8, 4) is 5.75 Å². The van der Waals surface area contributed by atoms with Gasteiger partial charge in [0.15, 0.2) is 6.61 Å². The molecule has 34 heavy (non-hydrogen) atoms. The summed E-state index contributed by atoms with van der Waals surface area (Å²) in [6.07, 6.45) is 0.386. The molecule has 0 spiro atoms. The molecular weight excluding hydrogens is 516 g/mol. The van der Waals surface area contributed by atoms with E-state index in [4.69, 9.17) is 16.3 Å². The maximum atomic E-state index is 13.5. The van der Waals surface area contributed by atoms with Crippen LogP contribution in [0.25, 0.3) is 0 Å². The molecule has 0 fully saturated rings. The molecule has 0 unspecified atom stereocenters. The molecule has 3 aromatic rings. The Kier molecular flexibility index (Phi) is 9.54. The summed E-state index contributed by atoms with van der Waals surface area (Å²) in [7, 11) is 0. The van der Waals surface area contributed by atoms with Gasteiger partial charge in [-0.05, 0) is 43.2 Å². The third kappa shape index (κ3) is 7.61. The lowest BCUT2D eigenvalue weighted by Crippen LogP contribution is -2.52. The molecular formula is C27H28BrClN2O3. The normalized spacial score (nSPS) is 11.7. The topological polar surface area (TPSA) is 58.6 Å². The van der Waals surface area contributed by atoms with Crippen molar-refractivity contribution >= 4 is 39.3 Å². The molecule has 3 rings (SSSR count). The van der Waals surface area contributed by atoms with E-state index in [0.29, 0.717) is 17.2 Å². The Bertz CT molecular complexity index is 1090. The van der Waals surface area contributed by atoms with Crippen molar-refractivity contribution in [1.29, 1.82) is 0 Å². The van der Waals surface area contributed by atoms with Crippen molar-refractivity contribution < 1.29 is 14.3 Å². The highest BCUT2D eigenvalue weighted by Crippen LogP contribution is 2.28. The molecule has 178 valence electrons. The molecule has 0 heterocycles. The fraction of sp³-hybridized carbons (Fsp3) is 0.259. The number of carbonyl (C=O) groups excluding carboxylic acids is 2. The summed E-state index contributed by atoms with van der Waals surface area (Å²) in [6.45, 7) is 3.84. The Morgan fingerprint density at radius 1 is 0.971 bits per heavy atom. The van der Waals surface area contributed by atoms with E-state index in [0.717, 1.165) is 15.6 Å². The first-order chi connectivity index (χ1) is 16.3. The number of amides is 2. The second-order valence-electron chi connectivity index (χ2n) is 8.24. The number of ether oxygens (including phenoxy) is 1. The van der Waals surface area contributed by atoms with Crippen molar-refractivity contribution in [1.82, 2.24) is 10.2 Å². The number of nitrogens with zero attached hydrogens (tertiary/aromatic N) is 1. The van der Waals surface area contributed by atoms with Gasteiger partial charge in [-0.15, -0.1) is 0 Å². The lowest BCUT2D eigenvalue weighted by atomic mass is 10.0. The van der Waals surface area contributed by atoms with Crippen LogP contribution >= 0.6 is 27.5 Å². The fourth-order valence-corrected chi connectivity index (χ4v) is 4.26. The molecule has 0 aliphatic rings. The maximum Gasteiger partial charge on any atom is 0.261 e. The third-order valence-corrected chi connectivity index (χ3v) is 5.93. The van der Waals surface area contributed by atoms with Crippen molar-refractivity contribution in [3.05, 3.63) is 99.5 Å². The first kappa shape index (κ1) is 25.8. The first-order valence-electron chi connectivity index (χ1n) is 11.1. The fourth-order valence-electron chi connectivity index (χ4n) is 3.53. The maximum absolute atomic E-state index is 13.5. The average molecular weight is 544 g/mol. The minimum atomic E-state index is -0.707. The van der Waals surface area contributed by atoms with Gasteiger partial charge in [0.25, 0.3) is 5.91 Å². The van der Waals surface area contributed by atoms with Crippen LogP contribution in [0.4, 0.5) is 0 Å². The van der Waals surface area contributed by atoms with Gasteiger partial charge in [0, 0.05) is 23.5 Å². The molecule has 7 heteroatoms. The second-order valence-corrected chi connectivity index (χ2v) is 9.56. The summed E-state index contributed by atoms with van der Waals surface area (Å²) in [5, 5.41) is 3.37. The van der Waals surface area contributed by atoms with Crippen LogP contribution in [-0.4, -0.2) is 35.4 Å². The first-order valence-corrected chi connectivity index (χ1v) is 12.3. The van der Waals surface area contributed by atoms with Crippen molar-refractivity contribution in [2.45, 2.75) is 38.9 Å². The highest BCUT2D eigenvalue weighted by Gasteiger charge is 2.31. The molecule has 0 aliphatic carbocycles. The smallest absolute Gasteiger partial charge is 0.261 e. The zero-order valence-electron chi connectivity index (χ0n) is 19.2. The molecule has 0 aliphatic heterocycles. The standard InChI is InChI=1S/C27H28BrClN2O3/c1-19(2)30-27(33)24(15-20-9-5-3-6-10-20)31(17-21-11-7-4-8-12-21)26(32)18-34-25-14-13-22(28)16-23(25)29/h3-14,16,19,24H,15,17-18H2,1-2H3,(H,30,33)/t24-/m0/s1. The van der Waals surface area contributed by atoms with Crippen molar-refractivity contribution in [3.63, 3.8) is 0 Å². The predicted octanol–water partition coefficient (Wildman–Crippen LogP) is 5.65. The molecule has 5 nitrogen and oxygen atoms in total. The summed E-state index contributed by atoms with van der Waals surface area (Å²) < 4.78 is 6.57. The van der Waals surface area contributed by atoms with E-state index in [9.17, 15) is 9.59 Å². The van der Waals surface area contributed by atoms with Gasteiger partial charge in [0.05, 0.1) is 5.02 Å². The summed E-state index contributed by atoms with van der Waals surface area (Å²) in [6, 6.07) is 23.7. The number of hydrogen-bond donors (Lipinski definition) is 1. The Balaban J connectivity index is 1.89. The van der Waals surface area contributed by atoms with Gasteiger partial charge in [0.2, 0.25) is 5.91 Å². The Hall–Kier alpha value is -2.83. The van der Waals surface area contributed by atoms with Crippen LogP contribution in [0.2, 0.25) is 5.02 Å². The molecule has 3 aromatic carbocycles. The highest BCUT2D eigenvalue weighted by molar-refractivity contribution is 9.10. The minimum Gasteiger partial charge on any atom is -0.482 e. The summed E-state index contributed by atoms with van der Waals surface area (Å²) in [5.74, 6) is -0.100. The average Bonchev–Trinajstić information content (AvgIpc) is 2.81. The van der Waals surface area contributed by atoms with E-state index >= 15 is 0 Å². The summed E-state index contributed by atoms with van der Waals surface area (Å²) in [4.78, 5) is 28.4. The number of halogens is 2. The summed E-state index contributed by atoms with van der Waals surface area (Å²) >= 11 is 9.62. The van der Waals surface area contributed by atoms with Gasteiger partial charge < -0.3 is 15.0 Å². The number of benzene rings is 3. The van der Waals surface area contributed by atoms with Crippen molar-refractivity contribution in [2.75, 3.05) is 6.61 Å². The molecule has 0 bridgehead atoms. The van der Waals surface area contributed by atoms with Gasteiger partial charge in [-0.25, -0.2) is 0 Å². The van der Waals surface area contributed by atoms with Crippen LogP contribution in [0, 0.1) is 0 Å². The zero-order chi connectivity index (χ0) is 24.5. The number of carbonyl (C=O) groups is 2. The number of rotatable bonds is 10. The molecule has 0 aromatic heterocycles. The predicted molar refractivity (Wildman–Crippen MR) is 139 cm³/mol. The van der Waals surface area contributed by atoms with Gasteiger partial charge in [-0.1, -0.05) is 88.2 Å². The van der Waals surface area contributed by atoms with Crippen LogP contribution in [0.1, 0.15) is 25.0 Å². The quantitative estimate of drug-likeness (QED) is 0.360. The third-order valence-electron chi connectivity index (χ3n) is 5.14. The van der Waals surface area contributed by atoms with E-state index in [1.807, 2.05) is 74.5 Å².